The second kappa shape index (κ2) is 7.44. The van der Waals surface area contributed by atoms with Crippen molar-refractivity contribution in [3.05, 3.63) is 35.4 Å². The van der Waals surface area contributed by atoms with Crippen LogP contribution in [0.5, 0.6) is 0 Å². The zero-order valence-corrected chi connectivity index (χ0v) is 15.7. The van der Waals surface area contributed by atoms with Crippen LogP contribution in [0, 0.1) is 13.8 Å². The van der Waals surface area contributed by atoms with Gasteiger partial charge in [-0.05, 0) is 43.9 Å². The lowest BCUT2D eigenvalue weighted by Crippen LogP contribution is -2.39. The highest BCUT2D eigenvalue weighted by Gasteiger charge is 2.24. The van der Waals surface area contributed by atoms with Gasteiger partial charge in [0.2, 0.25) is 11.8 Å². The summed E-state index contributed by atoms with van der Waals surface area (Å²) >= 11 is 1.41. The molecule has 1 aliphatic rings. The fraction of sp³-hybridized carbons (Fsp3) is 0.421. The summed E-state index contributed by atoms with van der Waals surface area (Å²) in [6.07, 6.45) is 2.09. The van der Waals surface area contributed by atoms with Gasteiger partial charge < -0.3 is 10.2 Å². The summed E-state index contributed by atoms with van der Waals surface area (Å²) in [7, 11) is 1.67. The molecule has 0 atom stereocenters. The van der Waals surface area contributed by atoms with Crippen molar-refractivity contribution >= 4 is 34.5 Å². The summed E-state index contributed by atoms with van der Waals surface area (Å²) < 4.78 is 0. The van der Waals surface area contributed by atoms with Crippen LogP contribution in [0.3, 0.4) is 0 Å². The van der Waals surface area contributed by atoms with Gasteiger partial charge in [-0.1, -0.05) is 30.0 Å². The van der Waals surface area contributed by atoms with Crippen molar-refractivity contribution in [3.8, 4) is 0 Å². The van der Waals surface area contributed by atoms with Gasteiger partial charge in [0, 0.05) is 18.5 Å². The van der Waals surface area contributed by atoms with Crippen molar-refractivity contribution in [1.82, 2.24) is 15.2 Å². The smallest absolute Gasteiger partial charge is 0.239 e. The van der Waals surface area contributed by atoms with Gasteiger partial charge in [-0.25, -0.2) is 4.98 Å². The average molecular weight is 357 g/mol. The maximum atomic E-state index is 12.3. The maximum Gasteiger partial charge on any atom is 0.239 e. The second-order valence-corrected chi connectivity index (χ2v) is 7.62. The predicted molar refractivity (Wildman–Crippen MR) is 101 cm³/mol. The largest absolute Gasteiger partial charge is 0.352 e. The molecule has 0 aliphatic heterocycles. The van der Waals surface area contributed by atoms with Gasteiger partial charge in [0.25, 0.3) is 0 Å². The summed E-state index contributed by atoms with van der Waals surface area (Å²) in [6.45, 7) is 4.21. The van der Waals surface area contributed by atoms with Crippen LogP contribution in [-0.4, -0.2) is 47.1 Å². The Labute approximate surface area is 152 Å². The van der Waals surface area contributed by atoms with Gasteiger partial charge in [-0.3, -0.25) is 9.59 Å². The van der Waals surface area contributed by atoms with Crippen LogP contribution in [-0.2, 0) is 9.59 Å². The number of aromatic nitrogens is 1. The van der Waals surface area contributed by atoms with Crippen LogP contribution in [0.1, 0.15) is 24.0 Å². The predicted octanol–water partition coefficient (Wildman–Crippen LogP) is 2.68. The fourth-order valence-electron chi connectivity index (χ4n) is 2.66. The first-order valence-electron chi connectivity index (χ1n) is 8.47. The number of amides is 2. The zero-order chi connectivity index (χ0) is 18.0. The molecule has 0 unspecified atom stereocenters. The molecule has 1 fully saturated rings. The van der Waals surface area contributed by atoms with Gasteiger partial charge in [-0.15, -0.1) is 0 Å². The number of carbonyl (C=O) groups excluding carboxylic acids is 2. The quantitative estimate of drug-likeness (QED) is 0.808. The van der Waals surface area contributed by atoms with E-state index < -0.39 is 0 Å². The number of rotatable bonds is 6. The minimum absolute atomic E-state index is 0.0692. The van der Waals surface area contributed by atoms with Gasteiger partial charge in [0.05, 0.1) is 22.8 Å². The molecule has 1 heterocycles. The Morgan fingerprint density at radius 3 is 2.76 bits per heavy atom. The van der Waals surface area contributed by atoms with Gasteiger partial charge in [0.15, 0.2) is 0 Å². The molecule has 0 bridgehead atoms. The highest BCUT2D eigenvalue weighted by Crippen LogP contribution is 2.25. The van der Waals surface area contributed by atoms with Gasteiger partial charge >= 0.3 is 0 Å². The molecule has 2 aromatic rings. The molecule has 1 N–H and O–H groups in total. The lowest BCUT2D eigenvalue weighted by atomic mass is 10.1. The van der Waals surface area contributed by atoms with Crippen molar-refractivity contribution in [1.29, 1.82) is 0 Å². The Kier molecular flexibility index (Phi) is 5.27. The highest BCUT2D eigenvalue weighted by atomic mass is 32.2. The number of fused-ring (bicyclic) bond motifs is 1. The number of carbonyl (C=O) groups is 2. The van der Waals surface area contributed by atoms with Gasteiger partial charge in [0.1, 0.15) is 0 Å². The van der Waals surface area contributed by atoms with Crippen LogP contribution < -0.4 is 5.32 Å². The zero-order valence-electron chi connectivity index (χ0n) is 14.8. The van der Waals surface area contributed by atoms with Crippen LogP contribution in [0.25, 0.3) is 10.9 Å². The van der Waals surface area contributed by atoms with Crippen molar-refractivity contribution < 1.29 is 9.59 Å². The number of para-hydroxylation sites is 1. The molecule has 5 nitrogen and oxygen atoms in total. The first-order chi connectivity index (χ1) is 11.9. The SMILES string of the molecule is Cc1cc(SCC(=O)N(C)CC(=O)NC2CC2)nc2c(C)cccc12. The Hall–Kier alpha value is -2.08. The number of likely N-dealkylation sites (N-methyl/N-ethyl adjacent to an activating group) is 1. The Balaban J connectivity index is 1.60. The number of hydrogen-bond donors (Lipinski definition) is 1. The average Bonchev–Trinajstić information content (AvgIpc) is 3.37. The Morgan fingerprint density at radius 1 is 1.28 bits per heavy atom. The minimum Gasteiger partial charge on any atom is -0.352 e. The molecule has 0 saturated heterocycles. The van der Waals surface area contributed by atoms with E-state index in [1.165, 1.54) is 16.7 Å². The molecular weight excluding hydrogens is 334 g/mol. The highest BCUT2D eigenvalue weighted by molar-refractivity contribution is 7.99. The Bertz CT molecular complexity index is 818. The molecule has 132 valence electrons. The molecule has 1 aromatic carbocycles. The molecule has 1 saturated carbocycles. The van der Waals surface area contributed by atoms with E-state index in [1.807, 2.05) is 25.1 Å². The number of hydrogen-bond acceptors (Lipinski definition) is 4. The molecule has 25 heavy (non-hydrogen) atoms. The van der Waals surface area contributed by atoms with Crippen LogP contribution in [0.15, 0.2) is 29.3 Å². The minimum atomic E-state index is -0.0846. The van der Waals surface area contributed by atoms with E-state index in [0.717, 1.165) is 39.9 Å². The molecule has 1 aliphatic carbocycles. The second-order valence-electron chi connectivity index (χ2n) is 6.63. The first-order valence-corrected chi connectivity index (χ1v) is 9.45. The fourth-order valence-corrected chi connectivity index (χ4v) is 3.56. The maximum absolute atomic E-state index is 12.3. The summed E-state index contributed by atoms with van der Waals surface area (Å²) in [4.78, 5) is 30.2. The number of nitrogens with one attached hydrogen (secondary N) is 1. The molecule has 1 aromatic heterocycles. The normalized spacial score (nSPS) is 13.7. The van der Waals surface area contributed by atoms with E-state index in [-0.39, 0.29) is 24.1 Å². The van der Waals surface area contributed by atoms with E-state index in [2.05, 4.69) is 23.3 Å². The third-order valence-electron chi connectivity index (χ3n) is 4.32. The summed E-state index contributed by atoms with van der Waals surface area (Å²) in [5.41, 5.74) is 3.26. The molecule has 6 heteroatoms. The molecular formula is C19H23N3O2S. The van der Waals surface area contributed by atoms with E-state index >= 15 is 0 Å². The van der Waals surface area contributed by atoms with Crippen molar-refractivity contribution in [3.63, 3.8) is 0 Å². The molecule has 2 amide bonds. The lowest BCUT2D eigenvalue weighted by Gasteiger charge is -2.16. The number of nitrogens with zero attached hydrogens (tertiary/aromatic N) is 2. The molecule has 0 radical (unpaired) electrons. The topological polar surface area (TPSA) is 62.3 Å². The standard InChI is InChI=1S/C19H23N3O2S/c1-12-5-4-6-15-13(2)9-17(21-19(12)15)25-11-18(24)22(3)10-16(23)20-14-7-8-14/h4-6,9,14H,7-8,10-11H2,1-3H3,(H,20,23). The summed E-state index contributed by atoms with van der Waals surface area (Å²) in [5, 5.41) is 4.87. The Morgan fingerprint density at radius 2 is 2.04 bits per heavy atom. The number of benzene rings is 1. The molecule has 0 spiro atoms. The van der Waals surface area contributed by atoms with Gasteiger partial charge in [-0.2, -0.15) is 0 Å². The van der Waals surface area contributed by atoms with E-state index in [4.69, 9.17) is 0 Å². The lowest BCUT2D eigenvalue weighted by molar-refractivity contribution is -0.132. The first kappa shape index (κ1) is 17.7. The van der Waals surface area contributed by atoms with Crippen LogP contribution >= 0.6 is 11.8 Å². The molecule has 3 rings (SSSR count). The van der Waals surface area contributed by atoms with E-state index in [1.54, 1.807) is 7.05 Å². The van der Waals surface area contributed by atoms with Crippen molar-refractivity contribution in [2.45, 2.75) is 37.8 Å². The summed E-state index contributed by atoms with van der Waals surface area (Å²) in [6, 6.07) is 8.47. The van der Waals surface area contributed by atoms with E-state index in [9.17, 15) is 9.59 Å². The number of pyridine rings is 1. The van der Waals surface area contributed by atoms with Crippen LogP contribution in [0.4, 0.5) is 0 Å². The summed E-state index contributed by atoms with van der Waals surface area (Å²) in [5.74, 6) is 0.121. The monoisotopic (exact) mass is 357 g/mol. The van der Waals surface area contributed by atoms with Crippen LogP contribution in [0.2, 0.25) is 0 Å². The van der Waals surface area contributed by atoms with Crippen molar-refractivity contribution in [2.24, 2.45) is 0 Å². The third-order valence-corrected chi connectivity index (χ3v) is 5.21. The van der Waals surface area contributed by atoms with E-state index in [0.29, 0.717) is 6.04 Å². The number of thioether (sulfide) groups is 1. The van der Waals surface area contributed by atoms with Crippen molar-refractivity contribution in [2.75, 3.05) is 19.3 Å². The third kappa shape index (κ3) is 4.51. The number of aryl methyl sites for hydroxylation is 2.